The van der Waals surface area contributed by atoms with Crippen LogP contribution in [0.4, 0.5) is 0 Å². The third kappa shape index (κ3) is 14.1. The molecule has 4 unspecified atom stereocenters. The number of fused-ring (bicyclic) bond motifs is 12. The monoisotopic (exact) mass is 1320 g/mol. The van der Waals surface area contributed by atoms with Crippen LogP contribution in [-0.2, 0) is 59.1 Å². The third-order valence-electron chi connectivity index (χ3n) is 15.4. The Labute approximate surface area is 545 Å². The molecule has 0 spiro atoms. The Kier molecular flexibility index (Phi) is 18.7. The molecule has 15 rings (SSSR count). The fourth-order valence-electron chi connectivity index (χ4n) is 11.2. The van der Waals surface area contributed by atoms with Crippen LogP contribution in [-0.4, -0.2) is 46.9 Å². The Morgan fingerprint density at radius 1 is 0.382 bits per heavy atom. The summed E-state index contributed by atoms with van der Waals surface area (Å²) in [6.45, 7) is 4.79. The minimum atomic E-state index is -0.510. The first kappa shape index (κ1) is 61.0. The topological polar surface area (TPSA) is 136 Å². The third-order valence-corrected chi connectivity index (χ3v) is 25.4. The number of benzene rings is 6. The molecule has 1 fully saturated rings. The first-order valence-electron chi connectivity index (χ1n) is 29.4. The lowest BCUT2D eigenvalue weighted by Gasteiger charge is -2.16. The highest BCUT2D eigenvalue weighted by Gasteiger charge is 2.26. The highest BCUT2D eigenvalue weighted by atomic mass is 32.1. The maximum atomic E-state index is 12.6. The van der Waals surface area contributed by atoms with Gasteiger partial charge in [-0.1, -0.05) is 121 Å². The summed E-state index contributed by atoms with van der Waals surface area (Å²) < 4.78 is 31.2. The van der Waals surface area contributed by atoms with Gasteiger partial charge < -0.3 is 24.4 Å². The fraction of sp³-hybridized carbons (Fsp3) is 0.222. The molecule has 1 aliphatic heterocycles. The first-order valence-corrected chi connectivity index (χ1v) is 36.0. The minimum Gasteiger partial charge on any atom is -0.456 e. The minimum absolute atomic E-state index is 0.218. The molecule has 0 saturated carbocycles. The number of aliphatic hydroxyl groups excluding tert-OH is 2. The van der Waals surface area contributed by atoms with E-state index in [4.69, 9.17) is 14.2 Å². The van der Waals surface area contributed by atoms with Crippen molar-refractivity contribution in [3.05, 3.63) is 212 Å². The van der Waals surface area contributed by atoms with Crippen LogP contribution in [0, 0.1) is 0 Å². The van der Waals surface area contributed by atoms with E-state index >= 15 is 0 Å². The molecule has 0 bridgehead atoms. The lowest BCUT2D eigenvalue weighted by molar-refractivity contribution is -0.152. The molecule has 89 heavy (non-hydrogen) atoms. The maximum absolute atomic E-state index is 12.6. The van der Waals surface area contributed by atoms with E-state index in [0.717, 1.165) is 73.8 Å². The zero-order chi connectivity index (χ0) is 61.1. The molecule has 6 aromatic carbocycles. The van der Waals surface area contributed by atoms with Gasteiger partial charge in [-0.3, -0.25) is 19.2 Å². The van der Waals surface area contributed by atoms with Crippen molar-refractivity contribution in [2.45, 2.75) is 89.6 Å². The second-order valence-corrected chi connectivity index (χ2v) is 31.0. The van der Waals surface area contributed by atoms with Crippen LogP contribution < -0.4 is 0 Å². The van der Waals surface area contributed by atoms with Gasteiger partial charge in [0.2, 0.25) is 0 Å². The maximum Gasteiger partial charge on any atom is 0.313 e. The fourth-order valence-corrected chi connectivity index (χ4v) is 21.4. The number of hydrogen-bond donors (Lipinski definition) is 2. The summed E-state index contributed by atoms with van der Waals surface area (Å²) in [5, 5.41) is 26.6. The number of aliphatic hydroxyl groups is 2. The normalized spacial score (nSPS) is 13.9. The molecule has 450 valence electrons. The summed E-state index contributed by atoms with van der Waals surface area (Å²) in [5.41, 5.74) is 4.42. The second kappa shape index (κ2) is 27.3. The Morgan fingerprint density at radius 2 is 0.663 bits per heavy atom. The van der Waals surface area contributed by atoms with E-state index in [0.29, 0.717) is 25.7 Å². The zero-order valence-electron chi connectivity index (χ0n) is 48.6. The highest BCUT2D eigenvalue weighted by molar-refractivity contribution is 7.35. The molecule has 14 aromatic rings. The quantitative estimate of drug-likeness (QED) is 0.0635. The predicted octanol–water partition coefficient (Wildman–Crippen LogP) is 20.1. The van der Waals surface area contributed by atoms with Crippen LogP contribution in [0.3, 0.4) is 0 Å². The largest absolute Gasteiger partial charge is 0.456 e. The van der Waals surface area contributed by atoms with Gasteiger partial charge in [-0.05, 0) is 97.5 Å². The van der Waals surface area contributed by atoms with Crippen LogP contribution in [0.2, 0.25) is 0 Å². The molecule has 1 aliphatic rings. The first-order chi connectivity index (χ1) is 43.3. The van der Waals surface area contributed by atoms with Gasteiger partial charge in [0, 0.05) is 118 Å². The van der Waals surface area contributed by atoms with E-state index < -0.39 is 36.4 Å². The average Bonchev–Trinajstić information content (AvgIpc) is 1.61. The summed E-state index contributed by atoms with van der Waals surface area (Å²) in [7, 11) is 0. The summed E-state index contributed by atoms with van der Waals surface area (Å²) in [4.78, 5) is 52.4. The number of thiophene rings is 8. The Balaban J connectivity index is 0.000000156. The number of rotatable bonds is 18. The molecular formula is C72H60O9S8. The lowest BCUT2D eigenvalue weighted by atomic mass is 10.1. The molecule has 17 heteroatoms. The molecule has 0 amide bonds. The van der Waals surface area contributed by atoms with Crippen molar-refractivity contribution in [3.8, 4) is 0 Å². The van der Waals surface area contributed by atoms with E-state index in [-0.39, 0.29) is 24.4 Å². The molecule has 0 aliphatic carbocycles. The Morgan fingerprint density at radius 3 is 0.944 bits per heavy atom. The van der Waals surface area contributed by atoms with Crippen molar-refractivity contribution in [1.82, 2.24) is 0 Å². The highest BCUT2D eigenvalue weighted by Crippen LogP contribution is 2.50. The number of carbonyl (C=O) groups is 4. The molecular weight excluding hydrogens is 1270 g/mol. The van der Waals surface area contributed by atoms with Gasteiger partial charge in [0.15, 0.2) is 0 Å². The molecule has 9 nitrogen and oxygen atoms in total. The van der Waals surface area contributed by atoms with Crippen LogP contribution in [0.1, 0.15) is 106 Å². The standard InChI is InChI=1S/C38H30O6S4.C30H22O2S4.C4H8O/c1-21(39)13-35(41)43-27(15-23-9-5-3-6-10-23)31-19-33-37(47-31)25-17-30-26(18-29(25)45-33)38-34(46-30)20-32(48-38)28(44-36(42)14-22(2)40)16-24-11-7-4-8-12-24;31-21(11-17-7-3-1-4-8-17)25-15-27-29(35-25)19-13-24-20(14-23(19)33-27)30-28(34-24)16-26(36-30)22(32)12-18-9-5-2-6-10-18;1-2-4-5-3-1/h3-12,17-20,27-28H,13-16H2,1-2H3;1-10,13-16,21-22,31-32H,11-12H2;1-4H2. The Hall–Kier alpha value is -6.84. The molecule has 4 atom stereocenters. The summed E-state index contributed by atoms with van der Waals surface area (Å²) in [6.07, 6.45) is 2.47. The number of ketones is 2. The number of hydrogen-bond acceptors (Lipinski definition) is 17. The van der Waals surface area contributed by atoms with Gasteiger partial charge in [0.1, 0.15) is 36.6 Å². The van der Waals surface area contributed by atoms with E-state index in [1.165, 1.54) is 85.8 Å². The molecule has 9 heterocycles. The van der Waals surface area contributed by atoms with Crippen molar-refractivity contribution in [2.24, 2.45) is 0 Å². The van der Waals surface area contributed by atoms with Gasteiger partial charge in [-0.2, -0.15) is 0 Å². The lowest BCUT2D eigenvalue weighted by Crippen LogP contribution is -2.15. The van der Waals surface area contributed by atoms with Gasteiger partial charge >= 0.3 is 11.9 Å². The molecule has 1 saturated heterocycles. The van der Waals surface area contributed by atoms with Gasteiger partial charge in [-0.15, -0.1) is 90.7 Å². The van der Waals surface area contributed by atoms with Gasteiger partial charge in [0.25, 0.3) is 0 Å². The van der Waals surface area contributed by atoms with E-state index in [9.17, 15) is 29.4 Å². The number of carbonyl (C=O) groups excluding carboxylic acids is 4. The van der Waals surface area contributed by atoms with Crippen molar-refractivity contribution < 1.29 is 43.6 Å². The van der Waals surface area contributed by atoms with Crippen LogP contribution in [0.15, 0.2) is 170 Å². The van der Waals surface area contributed by atoms with Crippen molar-refractivity contribution in [3.63, 3.8) is 0 Å². The van der Waals surface area contributed by atoms with E-state index in [1.54, 1.807) is 68.0 Å². The van der Waals surface area contributed by atoms with E-state index in [1.807, 2.05) is 120 Å². The second-order valence-electron chi connectivity index (χ2n) is 22.3. The van der Waals surface area contributed by atoms with E-state index in [2.05, 4.69) is 72.8 Å². The predicted molar refractivity (Wildman–Crippen MR) is 375 cm³/mol. The van der Waals surface area contributed by atoms with Crippen LogP contribution >= 0.6 is 90.7 Å². The number of ether oxygens (including phenoxy) is 3. The summed E-state index contributed by atoms with van der Waals surface area (Å²) >= 11 is 13.8. The SMILES string of the molecule is C1CCOC1.CC(=O)CC(=O)OC(Cc1ccccc1)c1cc2sc3cc4c(cc3c2s1)sc1cc(C(Cc2ccccc2)OC(=O)CC(C)=O)sc14.OC(Cc1ccccc1)c1cc2sc3cc4c(cc3c2s1)sc1cc(C(O)Cc2ccccc2)sc14. The summed E-state index contributed by atoms with van der Waals surface area (Å²) in [6, 6.07) is 58.0. The van der Waals surface area contributed by atoms with Crippen molar-refractivity contribution in [2.75, 3.05) is 13.2 Å². The van der Waals surface area contributed by atoms with Gasteiger partial charge in [-0.25, -0.2) is 0 Å². The van der Waals surface area contributed by atoms with Gasteiger partial charge in [0.05, 0.1) is 31.0 Å². The molecule has 2 N–H and O–H groups in total. The molecule has 0 radical (unpaired) electrons. The van der Waals surface area contributed by atoms with Crippen LogP contribution in [0.25, 0.3) is 77.9 Å². The summed E-state index contributed by atoms with van der Waals surface area (Å²) in [5.74, 6) is -1.46. The smallest absolute Gasteiger partial charge is 0.313 e. The Bertz CT molecular complexity index is 4520. The number of esters is 2. The zero-order valence-corrected chi connectivity index (χ0v) is 55.1. The number of Topliss-reactive ketones (excluding diaryl/α,β-unsaturated/α-hetero) is 2. The van der Waals surface area contributed by atoms with Crippen molar-refractivity contribution >= 4 is 192 Å². The molecule has 8 aromatic heterocycles. The average molecular weight is 1330 g/mol. The van der Waals surface area contributed by atoms with Crippen LogP contribution in [0.5, 0.6) is 0 Å². The van der Waals surface area contributed by atoms with Crippen molar-refractivity contribution in [1.29, 1.82) is 0 Å².